The third-order valence-corrected chi connectivity index (χ3v) is 9.35. The second-order valence-corrected chi connectivity index (χ2v) is 12.7. The minimum Gasteiger partial charge on any atom is -0.496 e. The van der Waals surface area contributed by atoms with Crippen LogP contribution in [-0.4, -0.2) is 82.8 Å². The Bertz CT molecular complexity index is 1850. The van der Waals surface area contributed by atoms with E-state index in [1.165, 1.54) is 0 Å². The first-order chi connectivity index (χ1) is 23.7. The van der Waals surface area contributed by atoms with Crippen molar-refractivity contribution in [1.29, 1.82) is 0 Å². The number of ether oxygens (including phenoxy) is 2. The number of hydrogen-bond acceptors (Lipinski definition) is 10. The first-order valence-electron chi connectivity index (χ1n) is 16.3. The van der Waals surface area contributed by atoms with E-state index < -0.39 is 0 Å². The van der Waals surface area contributed by atoms with Gasteiger partial charge in [0.1, 0.15) is 11.4 Å². The molecule has 0 radical (unpaired) electrons. The normalized spacial score (nSPS) is 17.6. The summed E-state index contributed by atoms with van der Waals surface area (Å²) in [6.07, 6.45) is 5.14. The molecule has 2 saturated heterocycles. The molecule has 12 nitrogen and oxygen atoms in total. The highest BCUT2D eigenvalue weighted by molar-refractivity contribution is 6.35. The Hall–Kier alpha value is -4.62. The molecule has 4 N–H and O–H groups in total. The molecule has 2 fully saturated rings. The molecular formula is C36H40ClN7O5. The van der Waals surface area contributed by atoms with E-state index in [1.807, 2.05) is 43.3 Å². The van der Waals surface area contributed by atoms with Gasteiger partial charge in [-0.25, -0.2) is 4.98 Å². The van der Waals surface area contributed by atoms with Crippen LogP contribution in [0.5, 0.6) is 11.6 Å². The fraction of sp³-hybridized carbons (Fsp3) is 0.361. The number of likely N-dealkylation sites (tertiary alicyclic amines) is 1. The Morgan fingerprint density at radius 3 is 2.69 bits per heavy atom. The number of benzene rings is 1. The molecular weight excluding hydrogens is 646 g/mol. The Morgan fingerprint density at radius 1 is 1.10 bits per heavy atom. The van der Waals surface area contributed by atoms with Crippen molar-refractivity contribution < 1.29 is 24.2 Å². The number of anilines is 1. The molecule has 0 unspecified atom stereocenters. The molecule has 2 atom stereocenters. The van der Waals surface area contributed by atoms with Crippen molar-refractivity contribution in [2.24, 2.45) is 0 Å². The third-order valence-electron chi connectivity index (χ3n) is 8.96. The molecule has 3 aromatic heterocycles. The highest BCUT2D eigenvalue weighted by atomic mass is 35.5. The van der Waals surface area contributed by atoms with Gasteiger partial charge in [-0.15, -0.1) is 0 Å². The highest BCUT2D eigenvalue weighted by Gasteiger charge is 2.23. The summed E-state index contributed by atoms with van der Waals surface area (Å²) in [5.41, 5.74) is 5.94. The number of methoxy groups -OCH3 is 2. The maximum absolute atomic E-state index is 13.4. The van der Waals surface area contributed by atoms with Crippen molar-refractivity contribution >= 4 is 29.1 Å². The maximum Gasteiger partial charge on any atom is 0.274 e. The van der Waals surface area contributed by atoms with E-state index >= 15 is 0 Å². The van der Waals surface area contributed by atoms with Crippen molar-refractivity contribution in [3.05, 3.63) is 82.3 Å². The monoisotopic (exact) mass is 685 g/mol. The van der Waals surface area contributed by atoms with Crippen LogP contribution >= 0.6 is 11.6 Å². The topological polar surface area (TPSA) is 151 Å². The number of rotatable bonds is 12. The molecule has 13 heteroatoms. The lowest BCUT2D eigenvalue weighted by molar-refractivity contribution is -0.119. The zero-order chi connectivity index (χ0) is 34.5. The van der Waals surface area contributed by atoms with Crippen molar-refractivity contribution in [2.45, 2.75) is 51.4 Å². The Morgan fingerprint density at radius 2 is 1.96 bits per heavy atom. The number of β-amino-alcohol motifs (C(OH)–C–C–N with tert-alkyl or cyclic N) is 1. The quantitative estimate of drug-likeness (QED) is 0.169. The molecule has 0 aliphatic carbocycles. The number of aliphatic hydroxyl groups excluding tert-OH is 1. The van der Waals surface area contributed by atoms with Gasteiger partial charge in [-0.2, -0.15) is 0 Å². The van der Waals surface area contributed by atoms with Crippen LogP contribution in [0.1, 0.15) is 46.4 Å². The Labute approximate surface area is 290 Å². The van der Waals surface area contributed by atoms with Crippen LogP contribution in [0.3, 0.4) is 0 Å². The van der Waals surface area contributed by atoms with E-state index in [0.717, 1.165) is 41.6 Å². The lowest BCUT2D eigenvalue weighted by atomic mass is 10.0. The molecule has 0 saturated carbocycles. The number of pyridine rings is 3. The highest BCUT2D eigenvalue weighted by Crippen LogP contribution is 2.38. The van der Waals surface area contributed by atoms with Crippen LogP contribution in [0, 0.1) is 6.92 Å². The molecule has 4 aromatic rings. The summed E-state index contributed by atoms with van der Waals surface area (Å²) in [5, 5.41) is 19.6. The predicted molar refractivity (Wildman–Crippen MR) is 187 cm³/mol. The lowest BCUT2D eigenvalue weighted by Gasteiger charge is -2.17. The molecule has 0 spiro atoms. The second kappa shape index (κ2) is 15.3. The van der Waals surface area contributed by atoms with E-state index in [1.54, 1.807) is 32.7 Å². The standard InChI is InChI=1S/C36H40ClN7O5/c1-21-26(5-4-6-28(21)42-35(47)30-15-31(48-2)23(17-40-30)19-44-14-12-25(45)20-44)34-33(37)27(11-13-39-34)29-9-7-22(36(43-29)49-3)16-38-18-24-8-10-32(46)41-24/h4-7,9,11,13,15,17,24-25,38,45H,8,10,12,14,16,18-20H2,1-3H3,(H,41,46)(H,42,47)/t24-,25+/m1/s1. The average Bonchev–Trinajstić information content (AvgIpc) is 3.72. The number of carbonyl (C=O) groups is 2. The van der Waals surface area contributed by atoms with Gasteiger partial charge in [-0.3, -0.25) is 24.5 Å². The molecule has 2 aliphatic rings. The Kier molecular flexibility index (Phi) is 10.7. The van der Waals surface area contributed by atoms with Gasteiger partial charge in [0.05, 0.1) is 36.7 Å². The maximum atomic E-state index is 13.4. The lowest BCUT2D eigenvalue weighted by Crippen LogP contribution is -2.35. The van der Waals surface area contributed by atoms with Crippen molar-refractivity contribution in [2.75, 3.05) is 39.2 Å². The third kappa shape index (κ3) is 7.83. The van der Waals surface area contributed by atoms with E-state index in [4.69, 9.17) is 26.1 Å². The Balaban J connectivity index is 1.18. The number of aromatic nitrogens is 3. The summed E-state index contributed by atoms with van der Waals surface area (Å²) in [4.78, 5) is 40.8. The van der Waals surface area contributed by atoms with E-state index in [2.05, 4.69) is 30.8 Å². The van der Waals surface area contributed by atoms with E-state index in [0.29, 0.717) is 71.9 Å². The SMILES string of the molecule is COc1cc(C(=O)Nc2cccc(-c3nccc(-c4ccc(CNC[C@H]5CCC(=O)N5)c(OC)n4)c3Cl)c2C)ncc1CN1CC[C@H](O)C1. The van der Waals surface area contributed by atoms with Crippen LogP contribution in [0.15, 0.2) is 54.9 Å². The minimum absolute atomic E-state index is 0.0895. The van der Waals surface area contributed by atoms with Gasteiger partial charge in [-0.05, 0) is 43.5 Å². The molecule has 256 valence electrons. The van der Waals surface area contributed by atoms with Crippen LogP contribution in [-0.2, 0) is 17.9 Å². The number of carbonyl (C=O) groups excluding carboxylic acids is 2. The predicted octanol–water partition coefficient (Wildman–Crippen LogP) is 4.37. The van der Waals surface area contributed by atoms with E-state index in [9.17, 15) is 14.7 Å². The summed E-state index contributed by atoms with van der Waals surface area (Å²) >= 11 is 7.01. The van der Waals surface area contributed by atoms with Gasteiger partial charge < -0.3 is 30.5 Å². The van der Waals surface area contributed by atoms with Crippen molar-refractivity contribution in [3.63, 3.8) is 0 Å². The van der Waals surface area contributed by atoms with Crippen LogP contribution in [0.2, 0.25) is 5.02 Å². The molecule has 6 rings (SSSR count). The fourth-order valence-corrected chi connectivity index (χ4v) is 6.59. The van der Waals surface area contributed by atoms with Gasteiger partial charge in [0.15, 0.2) is 0 Å². The summed E-state index contributed by atoms with van der Waals surface area (Å²) in [6, 6.07) is 13.0. The fourth-order valence-electron chi connectivity index (χ4n) is 6.28. The number of nitrogens with zero attached hydrogens (tertiary/aromatic N) is 4. The summed E-state index contributed by atoms with van der Waals surface area (Å²) in [7, 11) is 3.14. The average molecular weight is 686 g/mol. The minimum atomic E-state index is -0.381. The largest absolute Gasteiger partial charge is 0.496 e. The van der Waals surface area contributed by atoms with Crippen LogP contribution in [0.4, 0.5) is 5.69 Å². The number of hydrogen-bond donors (Lipinski definition) is 4. The van der Waals surface area contributed by atoms with Gasteiger partial charge in [0.25, 0.3) is 5.91 Å². The first kappa shape index (κ1) is 34.3. The number of aliphatic hydroxyl groups is 1. The van der Waals surface area contributed by atoms with Gasteiger partial charge in [0.2, 0.25) is 11.8 Å². The number of nitrogens with one attached hydrogen (secondary N) is 3. The van der Waals surface area contributed by atoms with Crippen LogP contribution < -0.4 is 25.4 Å². The molecule has 1 aromatic carbocycles. The van der Waals surface area contributed by atoms with Gasteiger partial charge in [0, 0.05) is 91.6 Å². The molecule has 2 amide bonds. The molecule has 5 heterocycles. The van der Waals surface area contributed by atoms with Crippen LogP contribution in [0.25, 0.3) is 22.5 Å². The van der Waals surface area contributed by atoms with Crippen molar-refractivity contribution in [3.8, 4) is 34.1 Å². The van der Waals surface area contributed by atoms with E-state index in [-0.39, 0.29) is 29.7 Å². The van der Waals surface area contributed by atoms with Gasteiger partial charge >= 0.3 is 0 Å². The smallest absolute Gasteiger partial charge is 0.274 e. The molecule has 49 heavy (non-hydrogen) atoms. The second-order valence-electron chi connectivity index (χ2n) is 12.3. The summed E-state index contributed by atoms with van der Waals surface area (Å²) in [5.74, 6) is 0.747. The number of amides is 2. The van der Waals surface area contributed by atoms with Gasteiger partial charge in [-0.1, -0.05) is 29.8 Å². The number of halogens is 1. The summed E-state index contributed by atoms with van der Waals surface area (Å²) in [6.45, 7) is 5.07. The van der Waals surface area contributed by atoms with Crippen molar-refractivity contribution in [1.82, 2.24) is 30.5 Å². The zero-order valence-electron chi connectivity index (χ0n) is 27.8. The summed E-state index contributed by atoms with van der Waals surface area (Å²) < 4.78 is 11.2. The molecule has 2 aliphatic heterocycles. The molecule has 0 bridgehead atoms. The zero-order valence-corrected chi connectivity index (χ0v) is 28.5. The first-order valence-corrected chi connectivity index (χ1v) is 16.6.